The summed E-state index contributed by atoms with van der Waals surface area (Å²) in [5.74, 6) is 1.02. The molecule has 5 unspecified atom stereocenters. The lowest BCUT2D eigenvalue weighted by atomic mass is 9.51. The van der Waals surface area contributed by atoms with E-state index in [0.29, 0.717) is 11.8 Å². The Hall–Kier alpha value is -8.78. The summed E-state index contributed by atoms with van der Waals surface area (Å²) in [5.41, 5.74) is 28.8. The van der Waals surface area contributed by atoms with Crippen LogP contribution in [0.3, 0.4) is 0 Å². The quantitative estimate of drug-likeness (QED) is 0.160. The van der Waals surface area contributed by atoms with Crippen LogP contribution in [0.4, 0.5) is 11.4 Å². The summed E-state index contributed by atoms with van der Waals surface area (Å²) in [7, 11) is 0. The van der Waals surface area contributed by atoms with Gasteiger partial charge in [0.25, 0.3) is 0 Å². The van der Waals surface area contributed by atoms with Crippen LogP contribution in [-0.2, 0) is 21.7 Å². The van der Waals surface area contributed by atoms with Gasteiger partial charge in [0.1, 0.15) is 0 Å². The van der Waals surface area contributed by atoms with E-state index in [1.807, 2.05) is 0 Å². The summed E-state index contributed by atoms with van der Waals surface area (Å²) in [5, 5.41) is 4.27. The smallest absolute Gasteiger partial charge is 0.0708 e. The molecule has 0 aromatic heterocycles. The van der Waals surface area contributed by atoms with Crippen LogP contribution in [0.2, 0.25) is 0 Å². The van der Waals surface area contributed by atoms with Crippen molar-refractivity contribution in [2.45, 2.75) is 74.5 Å². The second-order valence-electron chi connectivity index (χ2n) is 24.7. The molecule has 0 aliphatic heterocycles. The average molecular weight is 1040 g/mol. The predicted molar refractivity (Wildman–Crippen MR) is 336 cm³/mol. The van der Waals surface area contributed by atoms with Gasteiger partial charge in [-0.3, -0.25) is 0 Å². The maximum absolute atomic E-state index is 4.27. The van der Waals surface area contributed by atoms with E-state index in [-0.39, 0.29) is 11.3 Å². The van der Waals surface area contributed by atoms with Gasteiger partial charge in [0.15, 0.2) is 0 Å². The van der Waals surface area contributed by atoms with E-state index in [2.05, 4.69) is 294 Å². The molecule has 7 aliphatic carbocycles. The van der Waals surface area contributed by atoms with E-state index in [4.69, 9.17) is 0 Å². The van der Waals surface area contributed by atoms with Crippen molar-refractivity contribution in [1.82, 2.24) is 0 Å². The standard InChI is InChI=1S/C80H65N/c1-51-23-19-30-56(47-51)79(67-37-15-12-33-62(67)63-34-13-16-38-68(63)79)57-31-21-25-53(48-57)60-45-43-58(49-74(60)81-59-44-46-64-61-32-11-14-36-66(61)77(3,4)73(64)50-59)78(54-26-7-5-8-27-54)69-39-17-18-40-70(69)80(55-28-9-6-10-29-55)71-41-20-24-52(2)75(71)65-35-22-42-72(78)76(65)80/h5-20,22,24,26-52,75,81H,21,23,25H2,1-4H3. The largest absolute Gasteiger partial charge is 0.355 e. The highest BCUT2D eigenvalue weighted by Crippen LogP contribution is 2.69. The number of fused-ring (bicyclic) bond motifs is 11. The van der Waals surface area contributed by atoms with Crippen LogP contribution >= 0.6 is 0 Å². The van der Waals surface area contributed by atoms with Gasteiger partial charge in [-0.25, -0.2) is 0 Å². The third kappa shape index (κ3) is 6.49. The summed E-state index contributed by atoms with van der Waals surface area (Å²) in [6.07, 6.45) is 22.7. The van der Waals surface area contributed by atoms with Crippen molar-refractivity contribution in [3.63, 3.8) is 0 Å². The molecule has 390 valence electrons. The van der Waals surface area contributed by atoms with Crippen LogP contribution in [0.25, 0.3) is 27.8 Å². The van der Waals surface area contributed by atoms with Crippen molar-refractivity contribution in [3.05, 3.63) is 350 Å². The first-order chi connectivity index (χ1) is 39.7. The molecule has 9 aromatic carbocycles. The van der Waals surface area contributed by atoms with Gasteiger partial charge in [-0.1, -0.05) is 270 Å². The van der Waals surface area contributed by atoms with Gasteiger partial charge >= 0.3 is 0 Å². The van der Waals surface area contributed by atoms with E-state index >= 15 is 0 Å². The van der Waals surface area contributed by atoms with Crippen molar-refractivity contribution in [3.8, 4) is 22.3 Å². The van der Waals surface area contributed by atoms with E-state index in [1.165, 1.54) is 117 Å². The van der Waals surface area contributed by atoms with Gasteiger partial charge in [0.05, 0.1) is 16.2 Å². The lowest BCUT2D eigenvalue weighted by Crippen LogP contribution is -2.44. The summed E-state index contributed by atoms with van der Waals surface area (Å²) < 4.78 is 0. The molecule has 0 saturated heterocycles. The van der Waals surface area contributed by atoms with Gasteiger partial charge in [0, 0.05) is 28.3 Å². The average Bonchev–Trinajstić information content (AvgIpc) is 2.78. The van der Waals surface area contributed by atoms with Crippen molar-refractivity contribution in [1.29, 1.82) is 0 Å². The number of allylic oxidation sites excluding steroid dienone is 12. The van der Waals surface area contributed by atoms with Gasteiger partial charge in [-0.15, -0.1) is 0 Å². The molecule has 0 fully saturated rings. The Morgan fingerprint density at radius 1 is 0.481 bits per heavy atom. The zero-order chi connectivity index (χ0) is 54.2. The fraction of sp³-hybridized carbons (Fsp3) is 0.175. The number of anilines is 2. The van der Waals surface area contributed by atoms with E-state index < -0.39 is 16.2 Å². The Morgan fingerprint density at radius 2 is 1.07 bits per heavy atom. The topological polar surface area (TPSA) is 12.0 Å². The van der Waals surface area contributed by atoms with Gasteiger partial charge in [-0.2, -0.15) is 0 Å². The Labute approximate surface area is 478 Å². The molecule has 9 aromatic rings. The molecule has 16 rings (SSSR count). The number of hydrogen-bond acceptors (Lipinski definition) is 1. The van der Waals surface area contributed by atoms with Crippen LogP contribution in [0, 0.1) is 11.8 Å². The first kappa shape index (κ1) is 48.2. The number of benzene rings is 9. The third-order valence-electron chi connectivity index (χ3n) is 20.2. The molecule has 0 heterocycles. The van der Waals surface area contributed by atoms with Crippen LogP contribution in [0.1, 0.15) is 125 Å². The van der Waals surface area contributed by atoms with E-state index in [0.717, 1.165) is 30.6 Å². The summed E-state index contributed by atoms with van der Waals surface area (Å²) in [6.45, 7) is 9.58. The van der Waals surface area contributed by atoms with Crippen LogP contribution < -0.4 is 5.32 Å². The van der Waals surface area contributed by atoms with Gasteiger partial charge in [0.2, 0.25) is 0 Å². The first-order valence-corrected chi connectivity index (χ1v) is 29.6. The fourth-order valence-electron chi connectivity index (χ4n) is 16.9. The zero-order valence-electron chi connectivity index (χ0n) is 46.7. The second-order valence-corrected chi connectivity index (χ2v) is 24.7. The molecule has 1 N–H and O–H groups in total. The monoisotopic (exact) mass is 1040 g/mol. The Kier molecular flexibility index (Phi) is 10.6. The Bertz CT molecular complexity index is 4260. The summed E-state index contributed by atoms with van der Waals surface area (Å²) >= 11 is 0. The minimum atomic E-state index is -0.688. The van der Waals surface area contributed by atoms with Gasteiger partial charge in [-0.05, 0) is 161 Å². The zero-order valence-corrected chi connectivity index (χ0v) is 46.7. The SMILES string of the molecule is CC1C=C(C2(C3=CCCC(c4ccc(C5(c6ccccc6)c6ccccc6C6(c7ccccc7)C7=CC=CC(C)C7c7cccc5c76)cc4Nc4ccc5c(c4)C(C)(C)c4ccccc4-5)=C3)c3ccccc3-c3ccccc32)C=CC1. The second kappa shape index (κ2) is 17.9. The summed E-state index contributed by atoms with van der Waals surface area (Å²) in [6, 6.07) is 81.9. The first-order valence-electron chi connectivity index (χ1n) is 29.6. The highest BCUT2D eigenvalue weighted by molar-refractivity contribution is 5.91. The lowest BCUT2D eigenvalue weighted by Gasteiger charge is -2.50. The normalized spacial score (nSPS) is 23.3. The van der Waals surface area contributed by atoms with E-state index in [9.17, 15) is 0 Å². The van der Waals surface area contributed by atoms with Crippen molar-refractivity contribution in [2.75, 3.05) is 5.32 Å². The van der Waals surface area contributed by atoms with Crippen molar-refractivity contribution < 1.29 is 0 Å². The lowest BCUT2D eigenvalue weighted by molar-refractivity contribution is 0.568. The van der Waals surface area contributed by atoms with Gasteiger partial charge < -0.3 is 5.32 Å². The van der Waals surface area contributed by atoms with Crippen LogP contribution in [0.5, 0.6) is 0 Å². The van der Waals surface area contributed by atoms with Crippen LogP contribution in [-0.4, -0.2) is 0 Å². The minimum absolute atomic E-state index is 0.149. The fourth-order valence-corrected chi connectivity index (χ4v) is 16.9. The van der Waals surface area contributed by atoms with Crippen LogP contribution in [0.15, 0.2) is 278 Å². The highest BCUT2D eigenvalue weighted by Gasteiger charge is 2.60. The van der Waals surface area contributed by atoms with E-state index in [1.54, 1.807) is 0 Å². The molecule has 81 heavy (non-hydrogen) atoms. The highest BCUT2D eigenvalue weighted by atomic mass is 14.9. The molecule has 1 heteroatoms. The number of nitrogens with one attached hydrogen (secondary N) is 1. The number of rotatable bonds is 8. The molecular weight excluding hydrogens is 975 g/mol. The van der Waals surface area contributed by atoms with Crippen molar-refractivity contribution >= 4 is 16.9 Å². The molecule has 0 saturated carbocycles. The molecule has 0 spiro atoms. The maximum atomic E-state index is 4.27. The van der Waals surface area contributed by atoms with Crippen molar-refractivity contribution in [2.24, 2.45) is 11.8 Å². The molecule has 0 radical (unpaired) electrons. The summed E-state index contributed by atoms with van der Waals surface area (Å²) in [4.78, 5) is 0. The Morgan fingerprint density at radius 3 is 1.78 bits per heavy atom. The molecular formula is C80H65N. The molecule has 5 atom stereocenters. The molecule has 0 bridgehead atoms. The molecule has 1 nitrogen and oxygen atoms in total. The molecule has 7 aliphatic rings. The third-order valence-corrected chi connectivity index (χ3v) is 20.2. The Balaban J connectivity index is 0.960. The number of hydrogen-bond donors (Lipinski definition) is 1. The minimum Gasteiger partial charge on any atom is -0.355 e. The maximum Gasteiger partial charge on any atom is 0.0708 e. The predicted octanol–water partition coefficient (Wildman–Crippen LogP) is 19.6. The molecule has 0 amide bonds.